The van der Waals surface area contributed by atoms with Crippen LogP contribution in [0.2, 0.25) is 0 Å². The minimum atomic E-state index is -3.70. The van der Waals surface area contributed by atoms with Crippen LogP contribution in [0.1, 0.15) is 12.8 Å². The van der Waals surface area contributed by atoms with Crippen molar-refractivity contribution in [2.75, 3.05) is 89.8 Å². The second-order valence-electron chi connectivity index (χ2n) is 8.59. The average Bonchev–Trinajstić information content (AvgIpc) is 2.63. The van der Waals surface area contributed by atoms with E-state index >= 15 is 0 Å². The highest BCUT2D eigenvalue weighted by Gasteiger charge is 2.34. The zero-order valence-electron chi connectivity index (χ0n) is 18.3. The molecule has 2 rings (SSSR count). The molecule has 2 aliphatic rings. The minimum absolute atomic E-state index is 0.0881. The third-order valence-electron chi connectivity index (χ3n) is 5.62. The van der Waals surface area contributed by atoms with E-state index in [1.54, 1.807) is 0 Å². The summed E-state index contributed by atoms with van der Waals surface area (Å²) in [7, 11) is -12.7. The van der Waals surface area contributed by atoms with E-state index in [0.29, 0.717) is 39.3 Å². The Morgan fingerprint density at radius 3 is 1.28 bits per heavy atom. The van der Waals surface area contributed by atoms with Gasteiger partial charge in [0.15, 0.2) is 0 Å². The van der Waals surface area contributed by atoms with Crippen molar-refractivity contribution in [2.24, 2.45) is 0 Å². The molecule has 0 spiro atoms. The normalized spacial score (nSPS) is 29.5. The summed E-state index contributed by atoms with van der Waals surface area (Å²) < 4.78 is 46.7. The summed E-state index contributed by atoms with van der Waals surface area (Å²) in [6.45, 7) is 7.03. The monoisotopic (exact) mass is 536 g/mol. The second-order valence-corrected chi connectivity index (χ2v) is 16.2. The lowest BCUT2D eigenvalue weighted by atomic mass is 10.2. The van der Waals surface area contributed by atoms with Crippen molar-refractivity contribution in [1.82, 2.24) is 19.6 Å². The molecule has 6 unspecified atom stereocenters. The quantitative estimate of drug-likeness (QED) is 0.324. The Balaban J connectivity index is 2.00. The van der Waals surface area contributed by atoms with Gasteiger partial charge in [-0.25, -0.2) is 0 Å². The first-order chi connectivity index (χ1) is 14.9. The Bertz CT molecular complexity index is 685. The lowest BCUT2D eigenvalue weighted by molar-refractivity contribution is 0.129. The fraction of sp³-hybridized carbons (Fsp3) is 1.00. The van der Waals surface area contributed by atoms with Crippen molar-refractivity contribution in [3.05, 3.63) is 0 Å². The standard InChI is InChI=1S/C16H34N4O8P4/c21-29(22)15-31(25,26)13-19-5-1-3-17-7-8-18(10-11-19)4-2-6-20(12-9-17)14-32(27,28)16-30(23)24/h1-16H2,(H2-2,21,22,23,24,25,26,27,28)/p+2. The van der Waals surface area contributed by atoms with E-state index in [1.165, 1.54) is 0 Å². The molecule has 0 aromatic rings. The number of nitrogens with zero attached hydrogens (tertiary/aromatic N) is 4. The number of rotatable bonds is 8. The third-order valence-corrected chi connectivity index (χ3v) is 12.8. The Kier molecular flexibility index (Phi) is 12.0. The Labute approximate surface area is 191 Å². The molecule has 2 saturated heterocycles. The molecule has 186 valence electrons. The molecule has 2 bridgehead atoms. The number of hydrogen-bond acceptors (Lipinski definition) is 8. The van der Waals surface area contributed by atoms with Crippen LogP contribution in [0, 0.1) is 0 Å². The summed E-state index contributed by atoms with van der Waals surface area (Å²) in [5.74, 6) is -1.16. The fourth-order valence-electron chi connectivity index (χ4n) is 4.15. The Morgan fingerprint density at radius 2 is 0.938 bits per heavy atom. The van der Waals surface area contributed by atoms with Crippen molar-refractivity contribution in [1.29, 1.82) is 0 Å². The smallest absolute Gasteiger partial charge is 0.340 e. The van der Waals surface area contributed by atoms with Gasteiger partial charge in [0.2, 0.25) is 0 Å². The van der Waals surface area contributed by atoms with E-state index in [9.17, 15) is 28.0 Å². The zero-order valence-corrected chi connectivity index (χ0v) is 21.9. The lowest BCUT2D eigenvalue weighted by Gasteiger charge is -2.36. The van der Waals surface area contributed by atoms with Gasteiger partial charge in [-0.05, 0) is 48.2 Å². The maximum absolute atomic E-state index is 12.3. The van der Waals surface area contributed by atoms with Crippen LogP contribution in [0.15, 0.2) is 0 Å². The molecule has 0 aromatic heterocycles. The summed E-state index contributed by atoms with van der Waals surface area (Å²) in [6.07, 6.45) is 1.37. The highest BCUT2D eigenvalue weighted by atomic mass is 31.2. The molecule has 12 nitrogen and oxygen atoms in total. The van der Waals surface area contributed by atoms with Crippen molar-refractivity contribution < 1.29 is 37.8 Å². The van der Waals surface area contributed by atoms with Gasteiger partial charge in [-0.2, -0.15) is 9.79 Å². The van der Waals surface area contributed by atoms with Crippen LogP contribution in [0.4, 0.5) is 0 Å². The predicted octanol–water partition coefficient (Wildman–Crippen LogP) is 0.842. The molecule has 0 amide bonds. The Hall–Kier alpha value is 0.340. The van der Waals surface area contributed by atoms with E-state index < -0.39 is 42.6 Å². The summed E-state index contributed by atoms with van der Waals surface area (Å²) in [4.78, 5) is 46.6. The molecular formula is C16H36N4O8P4+2. The van der Waals surface area contributed by atoms with Gasteiger partial charge in [0.1, 0.15) is 0 Å². The van der Waals surface area contributed by atoms with Crippen LogP contribution in [0.25, 0.3) is 0 Å². The maximum atomic E-state index is 12.3. The van der Waals surface area contributed by atoms with Crippen LogP contribution in [-0.4, -0.2) is 129 Å². The van der Waals surface area contributed by atoms with Crippen molar-refractivity contribution in [3.63, 3.8) is 0 Å². The highest BCUT2D eigenvalue weighted by Crippen LogP contribution is 2.48. The van der Waals surface area contributed by atoms with Gasteiger partial charge in [0, 0.05) is 39.3 Å². The molecule has 0 aromatic carbocycles. The van der Waals surface area contributed by atoms with Gasteiger partial charge in [-0.1, -0.05) is 0 Å². The fourth-order valence-corrected chi connectivity index (χ4v) is 9.71. The van der Waals surface area contributed by atoms with Crippen molar-refractivity contribution >= 4 is 30.8 Å². The summed E-state index contributed by atoms with van der Waals surface area (Å²) in [5, 5.41) is 0. The molecular weight excluding hydrogens is 500 g/mol. The average molecular weight is 536 g/mol. The summed E-state index contributed by atoms with van der Waals surface area (Å²) >= 11 is 0. The first-order valence-electron chi connectivity index (χ1n) is 10.7. The molecule has 2 aliphatic heterocycles. The molecule has 2 fully saturated rings. The summed E-state index contributed by atoms with van der Waals surface area (Å²) in [5.41, 5.74) is 0. The largest absolute Gasteiger partial charge is 0.515 e. The van der Waals surface area contributed by atoms with E-state index in [2.05, 4.69) is 9.80 Å². The van der Waals surface area contributed by atoms with Gasteiger partial charge in [-0.3, -0.25) is 18.9 Å². The molecule has 4 N–H and O–H groups in total. The predicted molar refractivity (Wildman–Crippen MR) is 124 cm³/mol. The Morgan fingerprint density at radius 1 is 0.594 bits per heavy atom. The van der Waals surface area contributed by atoms with Gasteiger partial charge in [0.05, 0.1) is 12.6 Å². The van der Waals surface area contributed by atoms with Crippen LogP contribution in [0.5, 0.6) is 0 Å². The van der Waals surface area contributed by atoms with E-state index in [4.69, 9.17) is 9.79 Å². The van der Waals surface area contributed by atoms with Gasteiger partial charge >= 0.3 is 16.1 Å². The van der Waals surface area contributed by atoms with Gasteiger partial charge < -0.3 is 19.6 Å². The SMILES string of the molecule is O=[P+](O)CP(=O)(O)CN1CCCN2CCN(CCCN(CP(=O)(O)C[P+](=O)O)CC2)CC1. The van der Waals surface area contributed by atoms with E-state index in [-0.39, 0.29) is 12.6 Å². The lowest BCUT2D eigenvalue weighted by Crippen LogP contribution is -2.47. The maximum Gasteiger partial charge on any atom is 0.515 e. The van der Waals surface area contributed by atoms with Crippen LogP contribution >= 0.6 is 30.8 Å². The van der Waals surface area contributed by atoms with Crippen molar-refractivity contribution in [3.8, 4) is 0 Å². The van der Waals surface area contributed by atoms with Gasteiger partial charge in [-0.15, -0.1) is 0 Å². The second kappa shape index (κ2) is 13.4. The summed E-state index contributed by atoms with van der Waals surface area (Å²) in [6, 6.07) is 0. The molecule has 0 radical (unpaired) electrons. The van der Waals surface area contributed by atoms with E-state index in [0.717, 1.165) is 39.0 Å². The molecule has 0 saturated carbocycles. The highest BCUT2D eigenvalue weighted by molar-refractivity contribution is 7.68. The first kappa shape index (κ1) is 28.6. The minimum Gasteiger partial charge on any atom is -0.340 e. The topological polar surface area (TPSA) is 162 Å². The van der Waals surface area contributed by atoms with Crippen molar-refractivity contribution in [2.45, 2.75) is 12.8 Å². The van der Waals surface area contributed by atoms with Crippen LogP contribution in [0.3, 0.4) is 0 Å². The third kappa shape index (κ3) is 11.7. The molecule has 2 heterocycles. The van der Waals surface area contributed by atoms with Crippen LogP contribution < -0.4 is 0 Å². The first-order valence-corrected chi connectivity index (χ1v) is 17.6. The number of hydrogen-bond donors (Lipinski definition) is 4. The molecule has 6 atom stereocenters. The van der Waals surface area contributed by atoms with E-state index in [1.807, 2.05) is 9.80 Å². The molecule has 32 heavy (non-hydrogen) atoms. The molecule has 16 heteroatoms. The molecule has 0 aliphatic carbocycles. The van der Waals surface area contributed by atoms with Crippen LogP contribution in [-0.2, 0) is 18.3 Å². The zero-order chi connectivity index (χ0) is 23.8. The number of fused-ring (bicyclic) bond motifs is 3. The van der Waals surface area contributed by atoms with Gasteiger partial charge in [0.25, 0.3) is 26.5 Å².